The molecule has 5 rings (SSSR count). The molecule has 1 aromatic heterocycles. The van der Waals surface area contributed by atoms with Crippen LogP contribution < -0.4 is 9.80 Å². The number of aromatic carboxylic acids is 1. The van der Waals surface area contributed by atoms with Crippen LogP contribution in [-0.4, -0.2) is 28.0 Å². The summed E-state index contributed by atoms with van der Waals surface area (Å²) in [6.45, 7) is 3.66. The third kappa shape index (κ3) is 5.39. The zero-order chi connectivity index (χ0) is 29.6. The van der Waals surface area contributed by atoms with Crippen molar-refractivity contribution in [3.05, 3.63) is 110 Å². The van der Waals surface area contributed by atoms with E-state index < -0.39 is 17.8 Å². The van der Waals surface area contributed by atoms with Crippen LogP contribution in [-0.2, 0) is 9.59 Å². The van der Waals surface area contributed by atoms with Gasteiger partial charge in [0.1, 0.15) is 17.1 Å². The van der Waals surface area contributed by atoms with Gasteiger partial charge in [-0.2, -0.15) is 0 Å². The summed E-state index contributed by atoms with van der Waals surface area (Å²) in [5, 5.41) is 10.1. The van der Waals surface area contributed by atoms with Crippen LogP contribution in [0.1, 0.15) is 27.2 Å². The van der Waals surface area contributed by atoms with Crippen molar-refractivity contribution >= 4 is 87.4 Å². The molecule has 206 valence electrons. The number of hydrogen-bond donors (Lipinski definition) is 1. The van der Waals surface area contributed by atoms with Crippen molar-refractivity contribution in [2.24, 2.45) is 0 Å². The maximum absolute atomic E-state index is 13.8. The lowest BCUT2D eigenvalue weighted by molar-refractivity contribution is -0.120. The van der Waals surface area contributed by atoms with Gasteiger partial charge in [0.05, 0.1) is 22.0 Å². The molecule has 0 spiro atoms. The molecule has 0 unspecified atom stereocenters. The highest BCUT2D eigenvalue weighted by molar-refractivity contribution is 7.81. The maximum atomic E-state index is 13.8. The standard InChI is InChI=1S/C30H19Cl3N2O5S/c1-15-3-6-18(12-23(15)31)34-27(36)22(28(37)35(30(34)41)19-7-4-16(2)24(32)13-19)14-20-8-10-26(40-20)17-5-9-21(29(38)39)25(33)11-17/h3-14H,1-2H3,(H,38,39). The molecule has 1 aliphatic rings. The van der Waals surface area contributed by atoms with Gasteiger partial charge in [-0.25, -0.2) is 4.79 Å². The van der Waals surface area contributed by atoms with Crippen LogP contribution in [0, 0.1) is 13.8 Å². The van der Waals surface area contributed by atoms with Gasteiger partial charge in [-0.15, -0.1) is 0 Å². The number of halogens is 3. The Balaban J connectivity index is 1.60. The summed E-state index contributed by atoms with van der Waals surface area (Å²) in [5.74, 6) is -1.93. The van der Waals surface area contributed by atoms with Crippen LogP contribution in [0.25, 0.3) is 17.4 Å². The van der Waals surface area contributed by atoms with E-state index in [0.29, 0.717) is 32.7 Å². The minimum atomic E-state index is -1.16. The molecule has 4 aromatic rings. The Hall–Kier alpha value is -3.95. The van der Waals surface area contributed by atoms with Crippen molar-refractivity contribution in [2.75, 3.05) is 9.80 Å². The molecule has 0 aliphatic carbocycles. The number of amides is 2. The Kier molecular flexibility index (Phi) is 7.76. The second-order valence-corrected chi connectivity index (χ2v) is 10.8. The number of carboxylic acids is 1. The van der Waals surface area contributed by atoms with Crippen LogP contribution >= 0.6 is 47.0 Å². The second-order valence-electron chi connectivity index (χ2n) is 9.19. The number of hydrogen-bond acceptors (Lipinski definition) is 5. The molecule has 0 bridgehead atoms. The highest BCUT2D eigenvalue weighted by Gasteiger charge is 2.41. The molecule has 11 heteroatoms. The number of anilines is 2. The van der Waals surface area contributed by atoms with E-state index >= 15 is 0 Å². The van der Waals surface area contributed by atoms with Gasteiger partial charge >= 0.3 is 5.97 Å². The lowest BCUT2D eigenvalue weighted by Crippen LogP contribution is -2.57. The van der Waals surface area contributed by atoms with Gasteiger partial charge in [-0.1, -0.05) is 53.0 Å². The molecule has 2 amide bonds. The van der Waals surface area contributed by atoms with Gasteiger partial charge in [-0.3, -0.25) is 19.4 Å². The van der Waals surface area contributed by atoms with Gasteiger partial charge in [0.15, 0.2) is 5.11 Å². The van der Waals surface area contributed by atoms with Crippen molar-refractivity contribution in [2.45, 2.75) is 13.8 Å². The van der Waals surface area contributed by atoms with E-state index in [4.69, 9.17) is 51.4 Å². The minimum absolute atomic E-state index is 0.0391. The molecular weight excluding hydrogens is 607 g/mol. The fraction of sp³-hybridized carbons (Fsp3) is 0.0667. The third-order valence-electron chi connectivity index (χ3n) is 6.47. The number of furan rings is 1. The number of carboxylic acid groups (broad SMARTS) is 1. The first-order valence-corrected chi connectivity index (χ1v) is 13.6. The van der Waals surface area contributed by atoms with E-state index in [-0.39, 0.29) is 27.0 Å². The first kappa shape index (κ1) is 28.6. The monoisotopic (exact) mass is 624 g/mol. The van der Waals surface area contributed by atoms with Gasteiger partial charge in [-0.05, 0) is 91.8 Å². The summed E-state index contributed by atoms with van der Waals surface area (Å²) in [4.78, 5) is 41.4. The summed E-state index contributed by atoms with van der Waals surface area (Å²) in [6, 6.07) is 17.7. The van der Waals surface area contributed by atoms with Gasteiger partial charge < -0.3 is 9.52 Å². The smallest absolute Gasteiger partial charge is 0.337 e. The SMILES string of the molecule is Cc1ccc(N2C(=O)C(=Cc3ccc(-c4ccc(C(=O)O)c(Cl)c4)o3)C(=O)N(c3ccc(C)c(Cl)c3)C2=S)cc1Cl. The number of nitrogens with zero attached hydrogens (tertiary/aromatic N) is 2. The fourth-order valence-electron chi connectivity index (χ4n) is 4.20. The molecule has 0 atom stereocenters. The molecule has 0 saturated carbocycles. The van der Waals surface area contributed by atoms with Crippen LogP contribution in [0.5, 0.6) is 0 Å². The Morgan fingerprint density at radius 2 is 1.37 bits per heavy atom. The number of carbonyl (C=O) groups excluding carboxylic acids is 2. The molecule has 1 aliphatic heterocycles. The van der Waals surface area contributed by atoms with E-state index in [2.05, 4.69) is 0 Å². The number of thiocarbonyl (C=S) groups is 1. The molecule has 1 saturated heterocycles. The van der Waals surface area contributed by atoms with Crippen molar-refractivity contribution < 1.29 is 23.9 Å². The quantitative estimate of drug-likeness (QED) is 0.137. The second kappa shape index (κ2) is 11.1. The predicted molar refractivity (Wildman–Crippen MR) is 164 cm³/mol. The van der Waals surface area contributed by atoms with E-state index in [9.17, 15) is 19.5 Å². The van der Waals surface area contributed by atoms with Crippen molar-refractivity contribution in [1.82, 2.24) is 0 Å². The Morgan fingerprint density at radius 3 is 1.85 bits per heavy atom. The molecule has 0 radical (unpaired) electrons. The van der Waals surface area contributed by atoms with Crippen LogP contribution in [0.15, 0.2) is 76.7 Å². The minimum Gasteiger partial charge on any atom is -0.478 e. The number of aryl methyl sites for hydroxylation is 2. The summed E-state index contributed by atoms with van der Waals surface area (Å²) in [6.07, 6.45) is 1.33. The Morgan fingerprint density at radius 1 is 0.805 bits per heavy atom. The van der Waals surface area contributed by atoms with Gasteiger partial charge in [0.25, 0.3) is 11.8 Å². The highest BCUT2D eigenvalue weighted by Crippen LogP contribution is 2.34. The van der Waals surface area contributed by atoms with Crippen LogP contribution in [0.2, 0.25) is 15.1 Å². The van der Waals surface area contributed by atoms with Crippen molar-refractivity contribution in [3.8, 4) is 11.3 Å². The van der Waals surface area contributed by atoms with Crippen LogP contribution in [0.4, 0.5) is 11.4 Å². The third-order valence-corrected chi connectivity index (χ3v) is 7.97. The normalized spacial score (nSPS) is 13.7. The van der Waals surface area contributed by atoms with E-state index in [1.165, 1.54) is 28.0 Å². The average Bonchev–Trinajstić information content (AvgIpc) is 3.39. The van der Waals surface area contributed by atoms with Crippen LogP contribution in [0.3, 0.4) is 0 Å². The first-order chi connectivity index (χ1) is 19.5. The van der Waals surface area contributed by atoms with E-state index in [1.54, 1.807) is 54.6 Å². The van der Waals surface area contributed by atoms with Gasteiger partial charge in [0.2, 0.25) is 0 Å². The zero-order valence-corrected chi connectivity index (χ0v) is 24.5. The average molecular weight is 626 g/mol. The largest absolute Gasteiger partial charge is 0.478 e. The summed E-state index contributed by atoms with van der Waals surface area (Å²) < 4.78 is 5.90. The first-order valence-electron chi connectivity index (χ1n) is 12.1. The lowest BCUT2D eigenvalue weighted by Gasteiger charge is -2.36. The van der Waals surface area contributed by atoms with E-state index in [0.717, 1.165) is 11.1 Å². The summed E-state index contributed by atoms with van der Waals surface area (Å²) in [7, 11) is 0. The zero-order valence-electron chi connectivity index (χ0n) is 21.4. The highest BCUT2D eigenvalue weighted by atomic mass is 35.5. The molecular formula is C30H19Cl3N2O5S. The fourth-order valence-corrected chi connectivity index (χ4v) is 5.18. The molecule has 2 heterocycles. The molecule has 7 nitrogen and oxygen atoms in total. The van der Waals surface area contributed by atoms with E-state index in [1.807, 2.05) is 13.8 Å². The molecule has 3 aromatic carbocycles. The topological polar surface area (TPSA) is 91.1 Å². The van der Waals surface area contributed by atoms with Gasteiger partial charge in [0, 0.05) is 15.6 Å². The Bertz CT molecular complexity index is 1740. The summed E-state index contributed by atoms with van der Waals surface area (Å²) in [5.41, 5.74) is 2.62. The Labute approximate surface area is 255 Å². The summed E-state index contributed by atoms with van der Waals surface area (Å²) >= 11 is 24.5. The lowest BCUT2D eigenvalue weighted by atomic mass is 10.1. The maximum Gasteiger partial charge on any atom is 0.337 e. The van der Waals surface area contributed by atoms with Crippen molar-refractivity contribution in [3.63, 3.8) is 0 Å². The number of carbonyl (C=O) groups is 3. The molecule has 41 heavy (non-hydrogen) atoms. The predicted octanol–water partition coefficient (Wildman–Crippen LogP) is 7.97. The molecule has 1 fully saturated rings. The number of rotatable bonds is 5. The molecule has 1 N–H and O–H groups in total. The number of benzene rings is 3. The van der Waals surface area contributed by atoms with Crippen molar-refractivity contribution in [1.29, 1.82) is 0 Å².